The van der Waals surface area contributed by atoms with Crippen LogP contribution in [0.25, 0.3) is 0 Å². The SMILES string of the molecule is NCC(CS(=O)C1CCCCC1)c1ccccc1. The fraction of sp³-hybridized carbons (Fsp3) is 0.600. The van der Waals surface area contributed by atoms with Crippen molar-refractivity contribution in [3.05, 3.63) is 35.9 Å². The van der Waals surface area contributed by atoms with Crippen molar-refractivity contribution in [2.75, 3.05) is 12.3 Å². The third kappa shape index (κ3) is 3.66. The van der Waals surface area contributed by atoms with E-state index in [0.717, 1.165) is 18.6 Å². The minimum atomic E-state index is -0.717. The number of hydrogen-bond donors (Lipinski definition) is 1. The minimum Gasteiger partial charge on any atom is -0.330 e. The van der Waals surface area contributed by atoms with Crippen molar-refractivity contribution >= 4 is 10.8 Å². The van der Waals surface area contributed by atoms with Gasteiger partial charge < -0.3 is 5.73 Å². The van der Waals surface area contributed by atoms with Crippen LogP contribution < -0.4 is 5.73 Å². The van der Waals surface area contributed by atoms with Crippen LogP contribution in [0.3, 0.4) is 0 Å². The molecule has 18 heavy (non-hydrogen) atoms. The minimum absolute atomic E-state index is 0.244. The Labute approximate surface area is 112 Å². The van der Waals surface area contributed by atoms with Crippen LogP contribution in [0.2, 0.25) is 0 Å². The monoisotopic (exact) mass is 265 g/mol. The van der Waals surface area contributed by atoms with Gasteiger partial charge in [-0.1, -0.05) is 49.6 Å². The number of nitrogens with two attached hydrogens (primary N) is 1. The van der Waals surface area contributed by atoms with E-state index < -0.39 is 10.8 Å². The van der Waals surface area contributed by atoms with Crippen molar-refractivity contribution in [3.63, 3.8) is 0 Å². The molecule has 2 nitrogen and oxygen atoms in total. The van der Waals surface area contributed by atoms with E-state index >= 15 is 0 Å². The zero-order chi connectivity index (χ0) is 12.8. The second kappa shape index (κ2) is 7.05. The Kier molecular flexibility index (Phi) is 5.39. The van der Waals surface area contributed by atoms with Crippen molar-refractivity contribution in [2.24, 2.45) is 5.73 Å². The highest BCUT2D eigenvalue weighted by Crippen LogP contribution is 2.25. The largest absolute Gasteiger partial charge is 0.330 e. The van der Waals surface area contributed by atoms with Crippen LogP contribution in [0.1, 0.15) is 43.6 Å². The van der Waals surface area contributed by atoms with Crippen molar-refractivity contribution in [3.8, 4) is 0 Å². The normalized spacial score (nSPS) is 20.5. The Morgan fingerprint density at radius 2 is 1.83 bits per heavy atom. The lowest BCUT2D eigenvalue weighted by molar-refractivity contribution is 0.503. The van der Waals surface area contributed by atoms with Gasteiger partial charge in [-0.2, -0.15) is 0 Å². The van der Waals surface area contributed by atoms with Crippen LogP contribution in [-0.4, -0.2) is 21.8 Å². The van der Waals surface area contributed by atoms with Crippen LogP contribution in [0, 0.1) is 0 Å². The first kappa shape index (κ1) is 13.8. The maximum atomic E-state index is 12.4. The van der Waals surface area contributed by atoms with Gasteiger partial charge in [0.1, 0.15) is 0 Å². The summed E-state index contributed by atoms with van der Waals surface area (Å²) in [6.07, 6.45) is 6.08. The highest BCUT2D eigenvalue weighted by Gasteiger charge is 2.22. The molecule has 1 fully saturated rings. The van der Waals surface area contributed by atoms with Crippen molar-refractivity contribution < 1.29 is 4.21 Å². The van der Waals surface area contributed by atoms with E-state index in [1.807, 2.05) is 18.2 Å². The molecule has 2 rings (SSSR count). The van der Waals surface area contributed by atoms with Crippen LogP contribution in [0.15, 0.2) is 30.3 Å². The van der Waals surface area contributed by atoms with Gasteiger partial charge in [0.2, 0.25) is 0 Å². The summed E-state index contributed by atoms with van der Waals surface area (Å²) in [6.45, 7) is 0.586. The summed E-state index contributed by atoms with van der Waals surface area (Å²) in [7, 11) is -0.717. The van der Waals surface area contributed by atoms with Gasteiger partial charge in [0, 0.05) is 34.3 Å². The molecule has 0 amide bonds. The first-order valence-corrected chi connectivity index (χ1v) is 8.31. The van der Waals surface area contributed by atoms with Gasteiger partial charge in [0.15, 0.2) is 0 Å². The molecule has 0 aliphatic heterocycles. The van der Waals surface area contributed by atoms with Gasteiger partial charge >= 0.3 is 0 Å². The van der Waals surface area contributed by atoms with Crippen LogP contribution in [0.4, 0.5) is 0 Å². The Bertz CT molecular complexity index is 373. The summed E-state index contributed by atoms with van der Waals surface area (Å²) in [5.41, 5.74) is 7.07. The average Bonchev–Trinajstić information content (AvgIpc) is 2.46. The third-order valence-corrected chi connectivity index (χ3v) is 5.79. The molecule has 1 aliphatic rings. The molecule has 0 bridgehead atoms. The second-order valence-electron chi connectivity index (χ2n) is 5.15. The summed E-state index contributed by atoms with van der Waals surface area (Å²) in [5.74, 6) is 0.972. The van der Waals surface area contributed by atoms with E-state index in [1.165, 1.54) is 24.8 Å². The van der Waals surface area contributed by atoms with Crippen LogP contribution in [-0.2, 0) is 10.8 Å². The number of benzene rings is 1. The number of hydrogen-bond acceptors (Lipinski definition) is 2. The van der Waals surface area contributed by atoms with Crippen molar-refractivity contribution in [1.82, 2.24) is 0 Å². The van der Waals surface area contributed by atoms with Gasteiger partial charge in [-0.25, -0.2) is 0 Å². The van der Waals surface area contributed by atoms with E-state index in [9.17, 15) is 4.21 Å². The lowest BCUT2D eigenvalue weighted by Gasteiger charge is -2.23. The zero-order valence-electron chi connectivity index (χ0n) is 10.9. The van der Waals surface area contributed by atoms with Crippen LogP contribution in [0.5, 0.6) is 0 Å². The lowest BCUT2D eigenvalue weighted by atomic mass is 10.0. The summed E-state index contributed by atoms with van der Waals surface area (Å²) in [6, 6.07) is 10.3. The molecule has 0 radical (unpaired) electrons. The predicted molar refractivity (Wildman–Crippen MR) is 78.1 cm³/mol. The first-order valence-electron chi connectivity index (χ1n) is 6.93. The summed E-state index contributed by atoms with van der Waals surface area (Å²) in [5, 5.41) is 0.413. The van der Waals surface area contributed by atoms with E-state index in [1.54, 1.807) is 0 Å². The molecule has 0 heterocycles. The van der Waals surface area contributed by atoms with Gasteiger partial charge in [-0.05, 0) is 18.4 Å². The van der Waals surface area contributed by atoms with E-state index in [0.29, 0.717) is 11.8 Å². The standard InChI is InChI=1S/C15H23NOS/c16-11-14(13-7-3-1-4-8-13)12-18(17)15-9-5-2-6-10-15/h1,3-4,7-8,14-15H,2,5-6,9-12,16H2. The molecule has 2 N–H and O–H groups in total. The second-order valence-corrected chi connectivity index (χ2v) is 6.91. The maximum absolute atomic E-state index is 12.4. The van der Waals surface area contributed by atoms with Gasteiger partial charge in [-0.15, -0.1) is 0 Å². The smallest absolute Gasteiger partial charge is 0.0348 e. The zero-order valence-corrected chi connectivity index (χ0v) is 11.7. The summed E-state index contributed by atoms with van der Waals surface area (Å²) >= 11 is 0. The van der Waals surface area contributed by atoms with Gasteiger partial charge in [0.05, 0.1) is 0 Å². The molecule has 0 spiro atoms. The van der Waals surface area contributed by atoms with Crippen LogP contribution >= 0.6 is 0 Å². The molecular formula is C15H23NOS. The molecule has 2 unspecified atom stereocenters. The molecule has 1 aromatic carbocycles. The molecule has 1 saturated carbocycles. The van der Waals surface area contributed by atoms with E-state index in [-0.39, 0.29) is 5.92 Å². The van der Waals surface area contributed by atoms with E-state index in [2.05, 4.69) is 12.1 Å². The van der Waals surface area contributed by atoms with Crippen molar-refractivity contribution in [1.29, 1.82) is 0 Å². The molecule has 2 atom stereocenters. The third-order valence-electron chi connectivity index (χ3n) is 3.84. The Morgan fingerprint density at radius 3 is 2.44 bits per heavy atom. The lowest BCUT2D eigenvalue weighted by Crippen LogP contribution is -2.26. The number of rotatable bonds is 5. The summed E-state index contributed by atoms with van der Waals surface area (Å²) in [4.78, 5) is 0. The highest BCUT2D eigenvalue weighted by molar-refractivity contribution is 7.85. The Balaban J connectivity index is 1.95. The maximum Gasteiger partial charge on any atom is 0.0348 e. The summed E-state index contributed by atoms with van der Waals surface area (Å²) < 4.78 is 12.4. The molecule has 3 heteroatoms. The molecule has 1 aromatic rings. The molecule has 1 aliphatic carbocycles. The average molecular weight is 265 g/mol. The fourth-order valence-corrected chi connectivity index (χ4v) is 4.54. The topological polar surface area (TPSA) is 43.1 Å². The Morgan fingerprint density at radius 1 is 1.17 bits per heavy atom. The molecule has 0 aromatic heterocycles. The van der Waals surface area contributed by atoms with Gasteiger partial charge in [-0.3, -0.25) is 4.21 Å². The van der Waals surface area contributed by atoms with E-state index in [4.69, 9.17) is 5.73 Å². The fourth-order valence-electron chi connectivity index (χ4n) is 2.69. The molecular weight excluding hydrogens is 242 g/mol. The quantitative estimate of drug-likeness (QED) is 0.889. The molecule has 100 valence electrons. The molecule has 0 saturated heterocycles. The highest BCUT2D eigenvalue weighted by atomic mass is 32.2. The van der Waals surface area contributed by atoms with Crippen molar-refractivity contribution in [2.45, 2.75) is 43.3 Å². The Hall–Kier alpha value is -0.670. The first-order chi connectivity index (χ1) is 8.81. The van der Waals surface area contributed by atoms with Gasteiger partial charge in [0.25, 0.3) is 0 Å². The predicted octanol–water partition coefficient (Wildman–Crippen LogP) is 2.81.